The van der Waals surface area contributed by atoms with E-state index in [-0.39, 0.29) is 25.0 Å². The predicted molar refractivity (Wildman–Crippen MR) is 150 cm³/mol. The molecule has 0 aliphatic carbocycles. The van der Waals surface area contributed by atoms with Crippen LogP contribution >= 0.6 is 23.2 Å². The molecular weight excluding hydrogens is 507 g/mol. The first-order valence-electron chi connectivity index (χ1n) is 12.2. The number of carbonyl (C=O) groups is 2. The van der Waals surface area contributed by atoms with Crippen molar-refractivity contribution in [1.82, 2.24) is 10.2 Å². The first-order valence-corrected chi connectivity index (χ1v) is 13.0. The zero-order valence-electron chi connectivity index (χ0n) is 22.0. The number of hydrogen-bond acceptors (Lipinski definition) is 3. The van der Waals surface area contributed by atoms with Gasteiger partial charge in [0.25, 0.3) is 5.91 Å². The van der Waals surface area contributed by atoms with Gasteiger partial charge >= 0.3 is 0 Å². The number of benzene rings is 3. The third-order valence-electron chi connectivity index (χ3n) is 5.97. The van der Waals surface area contributed by atoms with E-state index in [4.69, 9.17) is 27.9 Å². The fourth-order valence-electron chi connectivity index (χ4n) is 3.87. The molecule has 0 aliphatic rings. The molecule has 3 rings (SSSR count). The lowest BCUT2D eigenvalue weighted by molar-refractivity contribution is -0.143. The van der Waals surface area contributed by atoms with Crippen LogP contribution in [0.5, 0.6) is 5.75 Å². The van der Waals surface area contributed by atoms with Crippen LogP contribution < -0.4 is 10.1 Å². The zero-order chi connectivity index (χ0) is 27.2. The van der Waals surface area contributed by atoms with Crippen LogP contribution in [0.2, 0.25) is 10.0 Å². The van der Waals surface area contributed by atoms with Crippen molar-refractivity contribution >= 4 is 35.0 Å². The molecule has 0 saturated carbocycles. The van der Waals surface area contributed by atoms with E-state index in [0.717, 1.165) is 16.7 Å². The zero-order valence-corrected chi connectivity index (χ0v) is 23.5. The Kier molecular flexibility index (Phi) is 9.63. The van der Waals surface area contributed by atoms with Crippen LogP contribution in [0.15, 0.2) is 66.7 Å². The second kappa shape index (κ2) is 12.5. The Morgan fingerprint density at radius 1 is 0.946 bits per heavy atom. The van der Waals surface area contributed by atoms with Gasteiger partial charge in [0.1, 0.15) is 11.8 Å². The normalized spacial score (nSPS) is 12.1. The maximum atomic E-state index is 13.7. The lowest BCUT2D eigenvalue weighted by Gasteiger charge is -2.34. The van der Waals surface area contributed by atoms with Crippen molar-refractivity contribution in [2.24, 2.45) is 0 Å². The molecule has 0 fully saturated rings. The summed E-state index contributed by atoms with van der Waals surface area (Å²) in [5.74, 6) is 0.0230. The molecule has 0 aromatic heterocycles. The number of rotatable bonds is 9. The highest BCUT2D eigenvalue weighted by Gasteiger charge is 2.32. The van der Waals surface area contributed by atoms with Crippen LogP contribution in [-0.4, -0.2) is 34.9 Å². The Balaban J connectivity index is 1.96. The lowest BCUT2D eigenvalue weighted by Crippen LogP contribution is -2.55. The number of nitrogens with one attached hydrogen (secondary N) is 1. The molecule has 5 nitrogen and oxygen atoms in total. The molecule has 3 aromatic rings. The molecule has 0 bridgehead atoms. The summed E-state index contributed by atoms with van der Waals surface area (Å²) in [4.78, 5) is 28.8. The first kappa shape index (κ1) is 28.5. The third kappa shape index (κ3) is 8.51. The minimum Gasteiger partial charge on any atom is -0.484 e. The van der Waals surface area contributed by atoms with E-state index < -0.39 is 11.6 Å². The Morgan fingerprint density at radius 2 is 1.65 bits per heavy atom. The van der Waals surface area contributed by atoms with Crippen molar-refractivity contribution in [2.45, 2.75) is 59.2 Å². The Hall–Kier alpha value is -3.02. The van der Waals surface area contributed by atoms with Gasteiger partial charge < -0.3 is 15.0 Å². The van der Waals surface area contributed by atoms with Crippen LogP contribution in [0, 0.1) is 13.8 Å². The fourth-order valence-corrected chi connectivity index (χ4v) is 4.34. The number of aryl methyl sites for hydroxylation is 2. The smallest absolute Gasteiger partial charge is 0.261 e. The number of nitrogens with zero attached hydrogens (tertiary/aromatic N) is 1. The summed E-state index contributed by atoms with van der Waals surface area (Å²) in [5.41, 5.74) is 3.36. The van der Waals surface area contributed by atoms with Gasteiger partial charge in [-0.3, -0.25) is 9.59 Å². The topological polar surface area (TPSA) is 58.6 Å². The Labute approximate surface area is 229 Å². The molecule has 1 atom stereocenters. The summed E-state index contributed by atoms with van der Waals surface area (Å²) in [6.45, 7) is 9.65. The lowest BCUT2D eigenvalue weighted by atomic mass is 10.0. The number of ether oxygens (including phenoxy) is 1. The highest BCUT2D eigenvalue weighted by Crippen LogP contribution is 2.25. The second-order valence-corrected chi connectivity index (χ2v) is 11.1. The van der Waals surface area contributed by atoms with Crippen LogP contribution in [0.4, 0.5) is 0 Å². The summed E-state index contributed by atoms with van der Waals surface area (Å²) in [7, 11) is 0. The van der Waals surface area contributed by atoms with Crippen molar-refractivity contribution in [3.8, 4) is 5.75 Å². The highest BCUT2D eigenvalue weighted by atomic mass is 35.5. The van der Waals surface area contributed by atoms with Crippen LogP contribution in [-0.2, 0) is 22.6 Å². The van der Waals surface area contributed by atoms with E-state index in [1.807, 2.05) is 83.1 Å². The monoisotopic (exact) mass is 540 g/mol. The van der Waals surface area contributed by atoms with Crippen molar-refractivity contribution in [3.63, 3.8) is 0 Å². The van der Waals surface area contributed by atoms with Crippen LogP contribution in [0.1, 0.15) is 43.0 Å². The van der Waals surface area contributed by atoms with Gasteiger partial charge in [-0.2, -0.15) is 0 Å². The largest absolute Gasteiger partial charge is 0.484 e. The molecule has 0 heterocycles. The maximum Gasteiger partial charge on any atom is 0.261 e. The van der Waals surface area contributed by atoms with Crippen molar-refractivity contribution in [3.05, 3.63) is 99.0 Å². The second-order valence-electron chi connectivity index (χ2n) is 10.2. The Bertz CT molecular complexity index is 1240. The van der Waals surface area contributed by atoms with Gasteiger partial charge in [0.2, 0.25) is 5.91 Å². The number of hydrogen-bond donors (Lipinski definition) is 1. The molecule has 1 N–H and O–H groups in total. The molecule has 37 heavy (non-hydrogen) atoms. The molecule has 0 saturated heterocycles. The quantitative estimate of drug-likeness (QED) is 0.335. The summed E-state index contributed by atoms with van der Waals surface area (Å²) in [6, 6.07) is 19.7. The number of halogens is 2. The molecule has 0 unspecified atom stereocenters. The highest BCUT2D eigenvalue weighted by molar-refractivity contribution is 6.35. The third-order valence-corrected chi connectivity index (χ3v) is 6.55. The molecule has 2 amide bonds. The van der Waals surface area contributed by atoms with Gasteiger partial charge in [-0.1, -0.05) is 65.7 Å². The molecule has 7 heteroatoms. The van der Waals surface area contributed by atoms with E-state index in [1.54, 1.807) is 23.1 Å². The van der Waals surface area contributed by atoms with Gasteiger partial charge in [-0.05, 0) is 81.1 Å². The van der Waals surface area contributed by atoms with Gasteiger partial charge in [0, 0.05) is 28.5 Å². The molecule has 0 spiro atoms. The van der Waals surface area contributed by atoms with Gasteiger partial charge in [-0.15, -0.1) is 0 Å². The van der Waals surface area contributed by atoms with E-state index in [1.165, 1.54) is 0 Å². The average Bonchev–Trinajstić information content (AvgIpc) is 2.82. The van der Waals surface area contributed by atoms with E-state index in [9.17, 15) is 9.59 Å². The molecular formula is C30H34Cl2N2O3. The summed E-state index contributed by atoms with van der Waals surface area (Å²) < 4.78 is 5.88. The standard InChI is InChI=1S/C30H34Cl2N2O3/c1-20-11-14-25(15-21(20)2)37-19-28(35)34(18-23-12-13-24(31)17-26(23)32)27(29(36)33-30(3,4)5)16-22-9-7-6-8-10-22/h6-15,17,27H,16,18-19H2,1-5H3,(H,33,36)/t27-/m1/s1. The van der Waals surface area contributed by atoms with Crippen molar-refractivity contribution < 1.29 is 14.3 Å². The fraction of sp³-hybridized carbons (Fsp3) is 0.333. The molecule has 0 aliphatic heterocycles. The molecule has 0 radical (unpaired) electrons. The average molecular weight is 542 g/mol. The van der Waals surface area contributed by atoms with Crippen LogP contribution in [0.25, 0.3) is 0 Å². The van der Waals surface area contributed by atoms with Gasteiger partial charge in [0.15, 0.2) is 6.61 Å². The van der Waals surface area contributed by atoms with Gasteiger partial charge in [0.05, 0.1) is 0 Å². The number of amides is 2. The number of carbonyl (C=O) groups excluding carboxylic acids is 2. The van der Waals surface area contributed by atoms with E-state index in [2.05, 4.69) is 5.32 Å². The van der Waals surface area contributed by atoms with Crippen molar-refractivity contribution in [2.75, 3.05) is 6.61 Å². The van der Waals surface area contributed by atoms with E-state index in [0.29, 0.717) is 27.8 Å². The summed E-state index contributed by atoms with van der Waals surface area (Å²) >= 11 is 12.6. The SMILES string of the molecule is Cc1ccc(OCC(=O)N(Cc2ccc(Cl)cc2Cl)[C@H](Cc2ccccc2)C(=O)NC(C)(C)C)cc1C. The predicted octanol–water partition coefficient (Wildman–Crippen LogP) is 6.54. The van der Waals surface area contributed by atoms with Crippen LogP contribution in [0.3, 0.4) is 0 Å². The summed E-state index contributed by atoms with van der Waals surface area (Å²) in [5, 5.41) is 3.97. The molecule has 3 aromatic carbocycles. The minimum atomic E-state index is -0.788. The van der Waals surface area contributed by atoms with E-state index >= 15 is 0 Å². The maximum absolute atomic E-state index is 13.7. The summed E-state index contributed by atoms with van der Waals surface area (Å²) in [6.07, 6.45) is 0.337. The minimum absolute atomic E-state index is 0.125. The molecule has 196 valence electrons. The first-order chi connectivity index (χ1) is 17.4. The Morgan fingerprint density at radius 3 is 2.27 bits per heavy atom. The van der Waals surface area contributed by atoms with Gasteiger partial charge in [-0.25, -0.2) is 0 Å². The van der Waals surface area contributed by atoms with Crippen molar-refractivity contribution in [1.29, 1.82) is 0 Å².